The number of carbonyl (C=O) groups excluding carboxylic acids is 1. The fourth-order valence-electron chi connectivity index (χ4n) is 1.59. The minimum absolute atomic E-state index is 0.0243. The number of thioether (sulfide) groups is 1. The van der Waals surface area contributed by atoms with Gasteiger partial charge < -0.3 is 15.5 Å². The molecule has 7 heteroatoms. The number of amides is 1. The minimum atomic E-state index is -0.0243. The molecule has 0 aliphatic carbocycles. The third-order valence-electron chi connectivity index (χ3n) is 2.56. The lowest BCUT2D eigenvalue weighted by molar-refractivity contribution is -0.119. The van der Waals surface area contributed by atoms with Crippen LogP contribution < -0.4 is 15.5 Å². The molecule has 1 amide bonds. The number of carbonyl (C=O) groups is 1. The Kier molecular flexibility index (Phi) is 6.41. The van der Waals surface area contributed by atoms with Crippen molar-refractivity contribution in [1.29, 1.82) is 0 Å². The average Bonchev–Trinajstić information content (AvgIpc) is 2.45. The average molecular weight is 283 g/mol. The maximum atomic E-state index is 11.6. The summed E-state index contributed by atoms with van der Waals surface area (Å²) in [5.74, 6) is 1.50. The van der Waals surface area contributed by atoms with Crippen molar-refractivity contribution in [3.8, 4) is 0 Å². The van der Waals surface area contributed by atoms with Gasteiger partial charge in [-0.25, -0.2) is 9.97 Å². The van der Waals surface area contributed by atoms with E-state index < -0.39 is 0 Å². The first-order valence-corrected chi connectivity index (χ1v) is 7.43. The molecule has 0 unspecified atom stereocenters. The van der Waals surface area contributed by atoms with Crippen molar-refractivity contribution in [1.82, 2.24) is 15.3 Å². The number of likely N-dealkylation sites (N-methyl/N-ethyl adjacent to an activating group) is 1. The summed E-state index contributed by atoms with van der Waals surface area (Å²) in [6.07, 6.45) is 2.88. The summed E-state index contributed by atoms with van der Waals surface area (Å²) in [5.41, 5.74) is 0. The van der Waals surface area contributed by atoms with E-state index in [0.29, 0.717) is 11.7 Å². The Morgan fingerprint density at radius 3 is 2.68 bits per heavy atom. The predicted molar refractivity (Wildman–Crippen MR) is 79.9 cm³/mol. The van der Waals surface area contributed by atoms with Gasteiger partial charge in [0, 0.05) is 26.7 Å². The zero-order valence-electron chi connectivity index (χ0n) is 11.9. The first-order chi connectivity index (χ1) is 9.14. The van der Waals surface area contributed by atoms with Crippen LogP contribution in [-0.4, -0.2) is 49.3 Å². The van der Waals surface area contributed by atoms with Gasteiger partial charge in [-0.3, -0.25) is 4.79 Å². The Morgan fingerprint density at radius 2 is 2.16 bits per heavy atom. The van der Waals surface area contributed by atoms with Gasteiger partial charge in [0.2, 0.25) is 5.91 Å². The van der Waals surface area contributed by atoms with E-state index in [1.165, 1.54) is 11.8 Å². The van der Waals surface area contributed by atoms with E-state index in [1.807, 2.05) is 24.3 Å². The molecule has 1 aromatic rings. The Morgan fingerprint density at radius 1 is 1.42 bits per heavy atom. The summed E-state index contributed by atoms with van der Waals surface area (Å²) >= 11 is 1.48. The zero-order valence-corrected chi connectivity index (χ0v) is 12.7. The second-order valence-electron chi connectivity index (χ2n) is 3.94. The van der Waals surface area contributed by atoms with E-state index in [0.717, 1.165) is 24.6 Å². The molecule has 0 bridgehead atoms. The number of hydrogen-bond acceptors (Lipinski definition) is 6. The molecule has 0 spiro atoms. The normalized spacial score (nSPS) is 10.1. The molecule has 0 aliphatic heterocycles. The Hall–Kier alpha value is -1.50. The van der Waals surface area contributed by atoms with Crippen LogP contribution in [0.3, 0.4) is 0 Å². The van der Waals surface area contributed by atoms with Gasteiger partial charge in [0.15, 0.2) is 5.16 Å². The van der Waals surface area contributed by atoms with Crippen LogP contribution in [0.15, 0.2) is 11.2 Å². The fraction of sp³-hybridized carbons (Fsp3) is 0.583. The van der Waals surface area contributed by atoms with Crippen molar-refractivity contribution in [3.63, 3.8) is 0 Å². The van der Waals surface area contributed by atoms with Crippen LogP contribution in [0.4, 0.5) is 11.6 Å². The summed E-state index contributed by atoms with van der Waals surface area (Å²) < 4.78 is 0. The number of nitrogens with one attached hydrogen (secondary N) is 2. The Labute approximate surface area is 118 Å². The van der Waals surface area contributed by atoms with Gasteiger partial charge in [-0.05, 0) is 12.7 Å². The van der Waals surface area contributed by atoms with Crippen molar-refractivity contribution in [2.75, 3.05) is 43.7 Å². The van der Waals surface area contributed by atoms with Gasteiger partial charge in [0.25, 0.3) is 0 Å². The Bertz CT molecular complexity index is 404. The van der Waals surface area contributed by atoms with Crippen molar-refractivity contribution >= 4 is 29.3 Å². The molecule has 0 radical (unpaired) electrons. The van der Waals surface area contributed by atoms with E-state index in [4.69, 9.17) is 0 Å². The summed E-state index contributed by atoms with van der Waals surface area (Å²) in [7, 11) is 3.46. The SMILES string of the molecule is CCCN(CC(=O)NC)c1cc(NC)nc(SC)n1. The summed E-state index contributed by atoms with van der Waals surface area (Å²) in [5, 5.41) is 6.34. The molecule has 0 saturated heterocycles. The van der Waals surface area contributed by atoms with Gasteiger partial charge in [-0.2, -0.15) is 0 Å². The third kappa shape index (κ3) is 4.59. The highest BCUT2D eigenvalue weighted by molar-refractivity contribution is 7.98. The molecule has 106 valence electrons. The second kappa shape index (κ2) is 7.83. The first-order valence-electron chi connectivity index (χ1n) is 6.20. The maximum Gasteiger partial charge on any atom is 0.239 e. The molecule has 0 fully saturated rings. The molecule has 2 N–H and O–H groups in total. The number of nitrogens with zero attached hydrogens (tertiary/aromatic N) is 3. The molecule has 0 saturated carbocycles. The zero-order chi connectivity index (χ0) is 14.3. The lowest BCUT2D eigenvalue weighted by Crippen LogP contribution is -2.36. The molecule has 6 nitrogen and oxygen atoms in total. The molecular formula is C12H21N5OS. The van der Waals surface area contributed by atoms with E-state index in [9.17, 15) is 4.79 Å². The topological polar surface area (TPSA) is 70.2 Å². The highest BCUT2D eigenvalue weighted by Crippen LogP contribution is 2.20. The lowest BCUT2D eigenvalue weighted by atomic mass is 10.3. The highest BCUT2D eigenvalue weighted by atomic mass is 32.2. The highest BCUT2D eigenvalue weighted by Gasteiger charge is 2.13. The largest absolute Gasteiger partial charge is 0.373 e. The molecular weight excluding hydrogens is 262 g/mol. The van der Waals surface area contributed by atoms with Crippen LogP contribution in [0.5, 0.6) is 0 Å². The van der Waals surface area contributed by atoms with Gasteiger partial charge in [0.05, 0.1) is 6.54 Å². The van der Waals surface area contributed by atoms with Crippen LogP contribution in [0.2, 0.25) is 0 Å². The molecule has 1 heterocycles. The second-order valence-corrected chi connectivity index (χ2v) is 4.72. The molecule has 19 heavy (non-hydrogen) atoms. The molecule has 0 aromatic carbocycles. The van der Waals surface area contributed by atoms with Crippen LogP contribution >= 0.6 is 11.8 Å². The first kappa shape index (κ1) is 15.6. The van der Waals surface area contributed by atoms with E-state index in [2.05, 4.69) is 27.5 Å². The number of anilines is 2. The van der Waals surface area contributed by atoms with E-state index in [-0.39, 0.29) is 5.91 Å². The standard InChI is InChI=1S/C12H21N5OS/c1-5-6-17(8-11(18)14-3)10-7-9(13-2)15-12(16-10)19-4/h7H,5-6,8H2,1-4H3,(H,14,18)(H,13,15,16). The van der Waals surface area contributed by atoms with Crippen LogP contribution in [0.1, 0.15) is 13.3 Å². The smallest absolute Gasteiger partial charge is 0.239 e. The minimum Gasteiger partial charge on any atom is -0.373 e. The van der Waals surface area contributed by atoms with E-state index >= 15 is 0 Å². The summed E-state index contributed by atoms with van der Waals surface area (Å²) in [4.78, 5) is 22.3. The number of rotatable bonds is 7. The third-order valence-corrected chi connectivity index (χ3v) is 3.11. The van der Waals surface area contributed by atoms with Gasteiger partial charge in [-0.15, -0.1) is 0 Å². The Balaban J connectivity index is 3.02. The van der Waals surface area contributed by atoms with Crippen molar-refractivity contribution in [3.05, 3.63) is 6.07 Å². The summed E-state index contributed by atoms with van der Waals surface area (Å²) in [6, 6.07) is 1.86. The van der Waals surface area contributed by atoms with Crippen LogP contribution in [-0.2, 0) is 4.79 Å². The maximum absolute atomic E-state index is 11.6. The molecule has 0 atom stereocenters. The van der Waals surface area contributed by atoms with Gasteiger partial charge in [0.1, 0.15) is 11.6 Å². The van der Waals surface area contributed by atoms with Gasteiger partial charge >= 0.3 is 0 Å². The molecule has 1 rings (SSSR count). The predicted octanol–water partition coefficient (Wildman–Crippen LogP) is 1.20. The van der Waals surface area contributed by atoms with Gasteiger partial charge in [-0.1, -0.05) is 18.7 Å². The monoisotopic (exact) mass is 283 g/mol. The van der Waals surface area contributed by atoms with Crippen LogP contribution in [0.25, 0.3) is 0 Å². The lowest BCUT2D eigenvalue weighted by Gasteiger charge is -2.23. The quantitative estimate of drug-likeness (QED) is 0.579. The number of hydrogen-bond donors (Lipinski definition) is 2. The van der Waals surface area contributed by atoms with Crippen molar-refractivity contribution < 1.29 is 4.79 Å². The molecule has 0 aliphatic rings. The van der Waals surface area contributed by atoms with Crippen molar-refractivity contribution in [2.45, 2.75) is 18.5 Å². The van der Waals surface area contributed by atoms with Crippen molar-refractivity contribution in [2.24, 2.45) is 0 Å². The van der Waals surface area contributed by atoms with Crippen LogP contribution in [0, 0.1) is 0 Å². The fourth-order valence-corrected chi connectivity index (χ4v) is 1.97. The molecule has 1 aromatic heterocycles. The van der Waals surface area contributed by atoms with E-state index in [1.54, 1.807) is 7.05 Å². The summed E-state index contributed by atoms with van der Waals surface area (Å²) in [6.45, 7) is 3.16. The number of aromatic nitrogens is 2.